The van der Waals surface area contributed by atoms with Crippen molar-refractivity contribution in [2.24, 2.45) is 5.41 Å². The molecule has 0 spiro atoms. The minimum absolute atomic E-state index is 0.317. The number of rotatable bonds is 2. The molecule has 0 aliphatic heterocycles. The summed E-state index contributed by atoms with van der Waals surface area (Å²) in [4.78, 5) is 10.8. The fourth-order valence-electron chi connectivity index (χ4n) is 0.478. The van der Waals surface area contributed by atoms with Crippen LogP contribution < -0.4 is 0 Å². The fourth-order valence-corrected chi connectivity index (χ4v) is 0.545. The topological polar surface area (TPSA) is 17.1 Å². The summed E-state index contributed by atoms with van der Waals surface area (Å²) in [6.07, 6.45) is 1.37. The van der Waals surface area contributed by atoms with Gasteiger partial charge >= 0.3 is 0 Å². The minimum Gasteiger partial charge on any atom is -0.281 e. The Balaban J connectivity index is 4.02. The molecule has 62 valence electrons. The monoisotopic (exact) mass is 172 g/mol. The first-order valence-corrected chi connectivity index (χ1v) is 4.04. The van der Waals surface area contributed by atoms with Gasteiger partial charge < -0.3 is 0 Å². The van der Waals surface area contributed by atoms with Crippen molar-refractivity contribution in [1.29, 1.82) is 0 Å². The number of halogens is 1. The molecule has 0 fully saturated rings. The predicted molar refractivity (Wildman–Crippen MR) is 47.3 cm³/mol. The van der Waals surface area contributed by atoms with E-state index in [-0.39, 0.29) is 5.24 Å². The Labute approximate surface area is 73.1 Å². The average Bonchev–Trinajstić information content (AvgIpc) is 1.88. The Morgan fingerprint density at radius 2 is 2.00 bits per heavy atom. The van der Waals surface area contributed by atoms with Gasteiger partial charge in [0, 0.05) is 18.3 Å². The summed E-state index contributed by atoms with van der Waals surface area (Å²) in [6, 6.07) is 0. The van der Waals surface area contributed by atoms with Gasteiger partial charge in [0.15, 0.2) is 0 Å². The first kappa shape index (κ1) is 10.5. The Kier molecular flexibility index (Phi) is 4.22. The number of hydrogen-bond donors (Lipinski definition) is 0. The third kappa shape index (κ3) is 4.06. The lowest BCUT2D eigenvalue weighted by Gasteiger charge is -2.14. The summed E-state index contributed by atoms with van der Waals surface area (Å²) >= 11 is 5.34. The second-order valence-electron chi connectivity index (χ2n) is 3.04. The summed E-state index contributed by atoms with van der Waals surface area (Å²) in [5.41, 5.74) is -0.496. The third-order valence-corrected chi connectivity index (χ3v) is 1.88. The van der Waals surface area contributed by atoms with Gasteiger partial charge in [-0.2, -0.15) is 0 Å². The van der Waals surface area contributed by atoms with Gasteiger partial charge in [-0.3, -0.25) is 4.79 Å². The zero-order valence-corrected chi connectivity index (χ0v) is 7.96. The lowest BCUT2D eigenvalue weighted by atomic mass is 9.91. The van der Waals surface area contributed by atoms with Crippen LogP contribution in [0.15, 0.2) is 0 Å². The molecule has 11 heavy (non-hydrogen) atoms. The van der Waals surface area contributed by atoms with Crippen molar-refractivity contribution >= 4 is 16.8 Å². The first-order chi connectivity index (χ1) is 5.00. The van der Waals surface area contributed by atoms with Gasteiger partial charge in [-0.1, -0.05) is 20.8 Å². The van der Waals surface area contributed by atoms with Crippen LogP contribution in [0.3, 0.4) is 0 Å². The van der Waals surface area contributed by atoms with Gasteiger partial charge in [0.05, 0.1) is 0 Å². The first-order valence-electron chi connectivity index (χ1n) is 3.66. The largest absolute Gasteiger partial charge is 0.281 e. The zero-order chi connectivity index (χ0) is 8.91. The fraction of sp³-hybridized carbons (Fsp3) is 0.667. The van der Waals surface area contributed by atoms with Crippen LogP contribution in [0, 0.1) is 17.3 Å². The van der Waals surface area contributed by atoms with E-state index in [1.165, 1.54) is 0 Å². The molecule has 2 heteroatoms. The van der Waals surface area contributed by atoms with E-state index in [1.54, 1.807) is 13.8 Å². The van der Waals surface area contributed by atoms with Crippen LogP contribution in [0.25, 0.3) is 0 Å². The molecule has 0 aromatic carbocycles. The van der Waals surface area contributed by atoms with E-state index >= 15 is 0 Å². The van der Waals surface area contributed by atoms with E-state index in [0.717, 1.165) is 6.42 Å². The maximum Gasteiger partial charge on any atom is 0.228 e. The molecule has 0 N–H and O–H groups in total. The van der Waals surface area contributed by atoms with Gasteiger partial charge in [0.1, 0.15) is 0 Å². The van der Waals surface area contributed by atoms with Crippen LogP contribution in [0.4, 0.5) is 0 Å². The minimum atomic E-state index is -0.496. The molecule has 0 unspecified atom stereocenters. The van der Waals surface area contributed by atoms with Crippen LogP contribution in [0.5, 0.6) is 0 Å². The van der Waals surface area contributed by atoms with E-state index < -0.39 is 5.41 Å². The molecular weight excluding hydrogens is 160 g/mol. The van der Waals surface area contributed by atoms with Crippen LogP contribution >= 0.6 is 11.6 Å². The van der Waals surface area contributed by atoms with Crippen molar-refractivity contribution < 1.29 is 4.79 Å². The van der Waals surface area contributed by atoms with E-state index in [9.17, 15) is 4.79 Å². The Hall–Kier alpha value is -0.480. The second kappa shape index (κ2) is 4.41. The van der Waals surface area contributed by atoms with Gasteiger partial charge in [0.2, 0.25) is 5.24 Å². The van der Waals surface area contributed by atoms with Crippen LogP contribution in [-0.4, -0.2) is 5.24 Å². The van der Waals surface area contributed by atoms with Gasteiger partial charge in [0.25, 0.3) is 0 Å². The van der Waals surface area contributed by atoms with E-state index in [0.29, 0.717) is 6.42 Å². The maximum absolute atomic E-state index is 10.8. The van der Waals surface area contributed by atoms with Crippen molar-refractivity contribution in [3.63, 3.8) is 0 Å². The van der Waals surface area contributed by atoms with Crippen molar-refractivity contribution in [3.8, 4) is 11.8 Å². The van der Waals surface area contributed by atoms with Gasteiger partial charge in [-0.15, -0.1) is 11.8 Å². The van der Waals surface area contributed by atoms with Crippen molar-refractivity contribution in [1.82, 2.24) is 0 Å². The lowest BCUT2D eigenvalue weighted by molar-refractivity contribution is -0.118. The lowest BCUT2D eigenvalue weighted by Crippen LogP contribution is -2.18. The standard InChI is InChI=1S/C9H13ClO/c1-4-5-6-7-9(2,3)8(10)11/h4,7H2,1-3H3. The highest BCUT2D eigenvalue weighted by atomic mass is 35.5. The zero-order valence-electron chi connectivity index (χ0n) is 7.20. The molecule has 1 nitrogen and oxygen atoms in total. The summed E-state index contributed by atoms with van der Waals surface area (Å²) < 4.78 is 0. The Morgan fingerprint density at radius 3 is 2.36 bits per heavy atom. The molecule has 0 amide bonds. The molecular formula is C9H13ClO. The summed E-state index contributed by atoms with van der Waals surface area (Å²) in [7, 11) is 0. The highest BCUT2D eigenvalue weighted by molar-refractivity contribution is 6.64. The van der Waals surface area contributed by atoms with E-state index in [2.05, 4.69) is 11.8 Å². The molecule has 0 saturated heterocycles. The predicted octanol–water partition coefficient (Wildman–Crippen LogP) is 2.58. The number of hydrogen-bond acceptors (Lipinski definition) is 1. The van der Waals surface area contributed by atoms with E-state index in [4.69, 9.17) is 11.6 Å². The third-order valence-electron chi connectivity index (χ3n) is 1.36. The smallest absolute Gasteiger partial charge is 0.228 e. The Morgan fingerprint density at radius 1 is 1.45 bits per heavy atom. The van der Waals surface area contributed by atoms with Crippen molar-refractivity contribution in [3.05, 3.63) is 0 Å². The molecule has 0 aliphatic carbocycles. The van der Waals surface area contributed by atoms with Crippen molar-refractivity contribution in [2.45, 2.75) is 33.6 Å². The molecule has 0 aromatic heterocycles. The molecule has 0 rings (SSSR count). The molecule has 0 heterocycles. The van der Waals surface area contributed by atoms with Gasteiger partial charge in [-0.05, 0) is 11.6 Å². The highest BCUT2D eigenvalue weighted by Gasteiger charge is 2.24. The highest BCUT2D eigenvalue weighted by Crippen LogP contribution is 2.22. The SMILES string of the molecule is CCC#CCC(C)(C)C(=O)Cl. The summed E-state index contributed by atoms with van der Waals surface area (Å²) in [5.74, 6) is 5.80. The van der Waals surface area contributed by atoms with Crippen LogP contribution in [0.1, 0.15) is 33.6 Å². The molecule has 0 saturated carbocycles. The van der Waals surface area contributed by atoms with Crippen LogP contribution in [0.2, 0.25) is 0 Å². The number of carbonyl (C=O) groups excluding carboxylic acids is 1. The van der Waals surface area contributed by atoms with Crippen LogP contribution in [-0.2, 0) is 4.79 Å². The van der Waals surface area contributed by atoms with Crippen molar-refractivity contribution in [2.75, 3.05) is 0 Å². The maximum atomic E-state index is 10.8. The molecule has 0 bridgehead atoms. The molecule has 0 radical (unpaired) electrons. The molecule has 0 atom stereocenters. The second-order valence-corrected chi connectivity index (χ2v) is 3.38. The van der Waals surface area contributed by atoms with E-state index in [1.807, 2.05) is 6.92 Å². The van der Waals surface area contributed by atoms with Gasteiger partial charge in [-0.25, -0.2) is 0 Å². The molecule has 0 aliphatic rings. The normalized spacial score (nSPS) is 10.2. The number of carbonyl (C=O) groups is 1. The summed E-state index contributed by atoms with van der Waals surface area (Å²) in [5, 5.41) is -0.317. The average molecular weight is 173 g/mol. The Bertz CT molecular complexity index is 195. The summed E-state index contributed by atoms with van der Waals surface area (Å²) in [6.45, 7) is 5.57. The quantitative estimate of drug-likeness (QED) is 0.462. The molecule has 0 aromatic rings.